The average molecular weight is 755 g/mol. The second kappa shape index (κ2) is 11.2. The van der Waals surface area contributed by atoms with Crippen molar-refractivity contribution in [2.45, 2.75) is 136 Å². The zero-order valence-electron chi connectivity index (χ0n) is 35.3. The third-order valence-corrected chi connectivity index (χ3v) is 13.5. The van der Waals surface area contributed by atoms with Crippen LogP contribution in [0.5, 0.6) is 0 Å². The maximum absolute atomic E-state index is 15.4. The fraction of sp³-hybridized carbons (Fsp3) is 0.429. The van der Waals surface area contributed by atoms with E-state index in [0.29, 0.717) is 11.4 Å². The third-order valence-electron chi connectivity index (χ3n) is 13.5. The van der Waals surface area contributed by atoms with E-state index in [2.05, 4.69) is 154 Å². The molecule has 1 unspecified atom stereocenters. The Labute approximate surface area is 331 Å². The van der Waals surface area contributed by atoms with Gasteiger partial charge in [0.1, 0.15) is 5.76 Å². The first kappa shape index (κ1) is 37.2. The topological polar surface area (TPSA) is 19.6 Å². The number of rotatable bonds is 1. The first-order valence-electron chi connectivity index (χ1n) is 20.3. The minimum Gasteiger partial charge on any atom is -0.472 e. The summed E-state index contributed by atoms with van der Waals surface area (Å²) in [5.41, 5.74) is 12.8. The molecule has 1 atom stereocenters. The molecule has 0 radical (unpaired) electrons. The summed E-state index contributed by atoms with van der Waals surface area (Å²) in [4.78, 5) is 4.25. The molecule has 7 heteroatoms. The Kier molecular flexibility index (Phi) is 7.42. The van der Waals surface area contributed by atoms with Crippen LogP contribution in [0.4, 0.5) is 47.3 Å². The van der Waals surface area contributed by atoms with Crippen LogP contribution in [-0.2, 0) is 33.3 Å². The number of furan rings is 1. The van der Waals surface area contributed by atoms with Gasteiger partial charge in [0.05, 0.1) is 22.6 Å². The van der Waals surface area contributed by atoms with Gasteiger partial charge in [0.15, 0.2) is 0 Å². The van der Waals surface area contributed by atoms with E-state index in [1.165, 1.54) is 28.8 Å². The van der Waals surface area contributed by atoms with Crippen LogP contribution in [0.1, 0.15) is 141 Å². The second-order valence-electron chi connectivity index (χ2n) is 21.0. The summed E-state index contributed by atoms with van der Waals surface area (Å²) in [5.74, 6) is 0.963. The number of hydrogen-bond acceptors (Lipinski definition) is 3. The lowest BCUT2D eigenvalue weighted by molar-refractivity contribution is -0.137. The number of aryl methyl sites for hydroxylation is 1. The quantitative estimate of drug-likeness (QED) is 0.156. The predicted molar refractivity (Wildman–Crippen MR) is 227 cm³/mol. The number of anilines is 6. The molecule has 0 fully saturated rings. The van der Waals surface area contributed by atoms with E-state index in [1.54, 1.807) is 0 Å². The van der Waals surface area contributed by atoms with E-state index in [0.717, 1.165) is 74.6 Å². The van der Waals surface area contributed by atoms with Crippen LogP contribution in [-0.4, -0.2) is 6.71 Å². The van der Waals surface area contributed by atoms with Gasteiger partial charge >= 0.3 is 6.18 Å². The van der Waals surface area contributed by atoms with E-state index in [9.17, 15) is 0 Å². The summed E-state index contributed by atoms with van der Waals surface area (Å²) in [6.07, 6.45) is -2.72. The van der Waals surface area contributed by atoms with Crippen molar-refractivity contribution in [1.29, 1.82) is 0 Å². The van der Waals surface area contributed by atoms with Crippen LogP contribution in [0.25, 0.3) is 0 Å². The molecule has 3 aliphatic heterocycles. The molecule has 56 heavy (non-hydrogen) atoms. The SMILES string of the molecule is Cc1cc(C(C)(C)C)cc2c1N1c3cc(C(F)(F)F)cc4c3B(c3cc(C(C)(C)C)ccc3N4c3ccc(C(C)(C)C)cc3)c3oc4c(c31)C2(C)CCC4(C)C. The Morgan fingerprint density at radius 2 is 1.21 bits per heavy atom. The Balaban J connectivity index is 1.45. The molecule has 0 saturated carbocycles. The number of hydrogen-bond donors (Lipinski definition) is 0. The smallest absolute Gasteiger partial charge is 0.416 e. The van der Waals surface area contributed by atoms with Crippen LogP contribution < -0.4 is 26.4 Å². The van der Waals surface area contributed by atoms with Gasteiger partial charge in [-0.3, -0.25) is 0 Å². The summed E-state index contributed by atoms with van der Waals surface area (Å²) in [7, 11) is 0. The Morgan fingerprint density at radius 1 is 0.625 bits per heavy atom. The number of fused-ring (bicyclic) bond motifs is 7. The van der Waals surface area contributed by atoms with Crippen molar-refractivity contribution in [2.75, 3.05) is 9.80 Å². The van der Waals surface area contributed by atoms with E-state index in [-0.39, 0.29) is 27.1 Å². The Morgan fingerprint density at radius 3 is 1.80 bits per heavy atom. The summed E-state index contributed by atoms with van der Waals surface area (Å²) >= 11 is 0. The summed E-state index contributed by atoms with van der Waals surface area (Å²) in [6.45, 7) is 28.5. The molecule has 0 saturated heterocycles. The largest absolute Gasteiger partial charge is 0.472 e. The second-order valence-corrected chi connectivity index (χ2v) is 21.0. The molecule has 3 nitrogen and oxygen atoms in total. The van der Waals surface area contributed by atoms with Crippen molar-refractivity contribution in [1.82, 2.24) is 0 Å². The lowest BCUT2D eigenvalue weighted by atomic mass is 9.35. The molecule has 0 N–H and O–H groups in total. The fourth-order valence-corrected chi connectivity index (χ4v) is 10.1. The highest BCUT2D eigenvalue weighted by atomic mass is 19.4. The van der Waals surface area contributed by atoms with Crippen molar-refractivity contribution in [3.63, 3.8) is 0 Å². The zero-order valence-corrected chi connectivity index (χ0v) is 35.3. The van der Waals surface area contributed by atoms with Crippen molar-refractivity contribution in [2.24, 2.45) is 0 Å². The lowest BCUT2D eigenvalue weighted by Gasteiger charge is -2.50. The van der Waals surface area contributed by atoms with Gasteiger partial charge in [-0.1, -0.05) is 119 Å². The van der Waals surface area contributed by atoms with Gasteiger partial charge in [-0.05, 0) is 105 Å². The molecular weight excluding hydrogens is 700 g/mol. The molecule has 290 valence electrons. The standard InChI is InChI=1S/C49H54BF3N2O/c1-27-22-30(46(8,9)10)23-33-40(27)55-37-26-31(49(51,52)53)25-36-39(37)50(43-41(55)38-42(56-43)47(11,12)20-21-48(33,38)13)34-24-29(45(5,6)7)16-19-35(34)54(36)32-17-14-28(15-18-32)44(2,3)4/h14-19,22-26H,20-21H2,1-13H3. The molecular formula is C49H54BF3N2O. The van der Waals surface area contributed by atoms with E-state index < -0.39 is 18.5 Å². The molecule has 0 bridgehead atoms. The molecule has 4 aromatic carbocycles. The van der Waals surface area contributed by atoms with Crippen molar-refractivity contribution >= 4 is 57.4 Å². The molecule has 9 rings (SSSR count). The number of halogens is 3. The van der Waals surface area contributed by atoms with Gasteiger partial charge in [0.2, 0.25) is 0 Å². The minimum absolute atomic E-state index is 0.0795. The van der Waals surface area contributed by atoms with E-state index >= 15 is 13.2 Å². The average Bonchev–Trinajstić information content (AvgIpc) is 3.51. The van der Waals surface area contributed by atoms with Gasteiger partial charge < -0.3 is 14.2 Å². The highest BCUT2D eigenvalue weighted by Gasteiger charge is 2.57. The van der Waals surface area contributed by atoms with Crippen LogP contribution in [0, 0.1) is 6.92 Å². The van der Waals surface area contributed by atoms with Gasteiger partial charge in [-0.15, -0.1) is 0 Å². The molecule has 4 aliphatic rings. The van der Waals surface area contributed by atoms with Crippen molar-refractivity contribution < 1.29 is 17.6 Å². The van der Waals surface area contributed by atoms with Gasteiger partial charge in [-0.25, -0.2) is 0 Å². The monoisotopic (exact) mass is 754 g/mol. The summed E-state index contributed by atoms with van der Waals surface area (Å²) in [6, 6.07) is 22.3. The highest BCUT2D eigenvalue weighted by molar-refractivity contribution is 6.99. The number of benzene rings is 4. The first-order chi connectivity index (χ1) is 25.8. The van der Waals surface area contributed by atoms with Crippen LogP contribution >= 0.6 is 0 Å². The van der Waals surface area contributed by atoms with E-state index in [1.807, 2.05) is 0 Å². The van der Waals surface area contributed by atoms with E-state index in [4.69, 9.17) is 4.42 Å². The van der Waals surface area contributed by atoms with Crippen LogP contribution in [0.2, 0.25) is 0 Å². The van der Waals surface area contributed by atoms with Gasteiger partial charge in [0, 0.05) is 39.1 Å². The maximum Gasteiger partial charge on any atom is 0.416 e. The van der Waals surface area contributed by atoms with Crippen LogP contribution in [0.3, 0.4) is 0 Å². The molecule has 4 heterocycles. The fourth-order valence-electron chi connectivity index (χ4n) is 10.1. The summed E-state index contributed by atoms with van der Waals surface area (Å²) < 4.78 is 53.6. The molecule has 0 spiro atoms. The highest BCUT2D eigenvalue weighted by Crippen LogP contribution is 2.62. The predicted octanol–water partition coefficient (Wildman–Crippen LogP) is 12.3. The molecule has 0 amide bonds. The summed E-state index contributed by atoms with van der Waals surface area (Å²) in [5, 5.41) is 0. The minimum atomic E-state index is -4.57. The van der Waals surface area contributed by atoms with Gasteiger partial charge in [-0.2, -0.15) is 13.2 Å². The molecule has 1 aromatic heterocycles. The zero-order chi connectivity index (χ0) is 40.4. The van der Waals surface area contributed by atoms with Gasteiger partial charge in [0.25, 0.3) is 6.71 Å². The van der Waals surface area contributed by atoms with Crippen LogP contribution in [0.15, 0.2) is 71.1 Å². The number of alkyl halides is 3. The Bertz CT molecular complexity index is 2490. The molecule has 5 aromatic rings. The van der Waals surface area contributed by atoms with Crippen molar-refractivity contribution in [3.8, 4) is 0 Å². The maximum atomic E-state index is 15.4. The van der Waals surface area contributed by atoms with Crippen molar-refractivity contribution in [3.05, 3.63) is 111 Å². The Hall–Kier alpha value is -4.39. The third kappa shape index (κ3) is 5.10. The lowest BCUT2D eigenvalue weighted by Crippen LogP contribution is -2.62. The normalized spacial score (nSPS) is 19.4. The molecule has 1 aliphatic carbocycles. The number of nitrogens with zero attached hydrogens (tertiary/aromatic N) is 2. The first-order valence-corrected chi connectivity index (χ1v) is 20.3.